The summed E-state index contributed by atoms with van der Waals surface area (Å²) in [6, 6.07) is 3.54. The van der Waals surface area contributed by atoms with E-state index in [0.717, 1.165) is 37.2 Å². The van der Waals surface area contributed by atoms with Gasteiger partial charge in [-0.2, -0.15) is 0 Å². The van der Waals surface area contributed by atoms with Gasteiger partial charge in [-0.3, -0.25) is 0 Å². The van der Waals surface area contributed by atoms with Crippen LogP contribution in [0.2, 0.25) is 0 Å². The Hall–Kier alpha value is -1.88. The van der Waals surface area contributed by atoms with Crippen molar-refractivity contribution in [3.05, 3.63) is 35.9 Å². The second-order valence-electron chi connectivity index (χ2n) is 4.72. The summed E-state index contributed by atoms with van der Waals surface area (Å²) in [5.74, 6) is 0.641. The second kappa shape index (κ2) is 5.01. The average Bonchev–Trinajstić information content (AvgIpc) is 3.08. The van der Waals surface area contributed by atoms with Crippen molar-refractivity contribution in [1.82, 2.24) is 9.38 Å². The van der Waals surface area contributed by atoms with Crippen molar-refractivity contribution in [2.75, 3.05) is 13.7 Å². The van der Waals surface area contributed by atoms with Crippen LogP contribution in [0.5, 0.6) is 0 Å². The minimum absolute atomic E-state index is 0.269. The summed E-state index contributed by atoms with van der Waals surface area (Å²) in [6.45, 7) is 0.848. The highest BCUT2D eigenvalue weighted by Gasteiger charge is 2.18. The number of hydrogen-bond acceptors (Lipinski definition) is 4. The lowest BCUT2D eigenvalue weighted by molar-refractivity contribution is 0.0600. The molecule has 0 aliphatic carbocycles. The lowest BCUT2D eigenvalue weighted by Crippen LogP contribution is -2.11. The molecule has 5 heteroatoms. The van der Waals surface area contributed by atoms with Crippen LogP contribution in [0.4, 0.5) is 0 Å². The van der Waals surface area contributed by atoms with E-state index in [4.69, 9.17) is 9.47 Å². The molecule has 1 aliphatic heterocycles. The maximum absolute atomic E-state index is 11.5. The second-order valence-corrected chi connectivity index (χ2v) is 4.72. The SMILES string of the molecule is COC(=O)c1ccn2c(CC3CCCO3)ncc2c1. The van der Waals surface area contributed by atoms with Gasteiger partial charge in [0.1, 0.15) is 5.82 Å². The van der Waals surface area contributed by atoms with E-state index in [1.807, 2.05) is 10.6 Å². The topological polar surface area (TPSA) is 52.8 Å². The fourth-order valence-electron chi connectivity index (χ4n) is 2.46. The minimum Gasteiger partial charge on any atom is -0.465 e. The van der Waals surface area contributed by atoms with Gasteiger partial charge in [0.05, 0.1) is 30.5 Å². The maximum Gasteiger partial charge on any atom is 0.337 e. The third-order valence-corrected chi connectivity index (χ3v) is 3.46. The fraction of sp³-hybridized carbons (Fsp3) is 0.429. The molecular weight excluding hydrogens is 244 g/mol. The molecule has 2 aromatic heterocycles. The number of fused-ring (bicyclic) bond motifs is 1. The zero-order valence-electron chi connectivity index (χ0n) is 10.8. The summed E-state index contributed by atoms with van der Waals surface area (Å²) in [5.41, 5.74) is 1.44. The van der Waals surface area contributed by atoms with Gasteiger partial charge in [0.15, 0.2) is 0 Å². The molecule has 3 heterocycles. The van der Waals surface area contributed by atoms with Gasteiger partial charge in [-0.1, -0.05) is 0 Å². The molecule has 0 spiro atoms. The smallest absolute Gasteiger partial charge is 0.337 e. The van der Waals surface area contributed by atoms with E-state index in [1.54, 1.807) is 18.3 Å². The van der Waals surface area contributed by atoms with Crippen LogP contribution < -0.4 is 0 Å². The van der Waals surface area contributed by atoms with Gasteiger partial charge in [-0.15, -0.1) is 0 Å². The predicted octanol–water partition coefficient (Wildman–Crippen LogP) is 1.84. The normalized spacial score (nSPS) is 18.9. The van der Waals surface area contributed by atoms with Crippen LogP contribution in [-0.4, -0.2) is 35.2 Å². The summed E-state index contributed by atoms with van der Waals surface area (Å²) in [6.07, 6.45) is 6.93. The van der Waals surface area contributed by atoms with Crippen molar-refractivity contribution in [2.45, 2.75) is 25.4 Å². The van der Waals surface area contributed by atoms with Gasteiger partial charge < -0.3 is 13.9 Å². The number of carbonyl (C=O) groups is 1. The lowest BCUT2D eigenvalue weighted by atomic mass is 10.2. The third-order valence-electron chi connectivity index (χ3n) is 3.46. The first kappa shape index (κ1) is 12.2. The van der Waals surface area contributed by atoms with E-state index in [-0.39, 0.29) is 12.1 Å². The molecule has 19 heavy (non-hydrogen) atoms. The number of esters is 1. The van der Waals surface area contributed by atoms with Crippen molar-refractivity contribution in [1.29, 1.82) is 0 Å². The Morgan fingerprint density at radius 3 is 3.26 bits per heavy atom. The van der Waals surface area contributed by atoms with Crippen molar-refractivity contribution in [3.63, 3.8) is 0 Å². The molecule has 1 aliphatic rings. The largest absolute Gasteiger partial charge is 0.465 e. The highest BCUT2D eigenvalue weighted by Crippen LogP contribution is 2.18. The zero-order chi connectivity index (χ0) is 13.2. The minimum atomic E-state index is -0.329. The van der Waals surface area contributed by atoms with Gasteiger partial charge in [0, 0.05) is 19.2 Å². The number of nitrogens with zero attached hydrogens (tertiary/aromatic N) is 2. The summed E-state index contributed by atoms with van der Waals surface area (Å²) in [7, 11) is 1.38. The van der Waals surface area contributed by atoms with E-state index in [1.165, 1.54) is 7.11 Å². The lowest BCUT2D eigenvalue weighted by Gasteiger charge is -2.08. The molecular formula is C14H16N2O3. The van der Waals surface area contributed by atoms with Crippen LogP contribution in [0.25, 0.3) is 5.52 Å². The number of pyridine rings is 1. The van der Waals surface area contributed by atoms with E-state index in [9.17, 15) is 4.79 Å². The molecule has 0 saturated carbocycles. The monoisotopic (exact) mass is 260 g/mol. The Bertz CT molecular complexity index is 600. The van der Waals surface area contributed by atoms with Crippen LogP contribution in [-0.2, 0) is 15.9 Å². The van der Waals surface area contributed by atoms with Gasteiger partial charge in [0.25, 0.3) is 0 Å². The number of aromatic nitrogens is 2. The van der Waals surface area contributed by atoms with Crippen LogP contribution in [0.1, 0.15) is 29.0 Å². The van der Waals surface area contributed by atoms with E-state index < -0.39 is 0 Å². The Morgan fingerprint density at radius 1 is 1.63 bits per heavy atom. The van der Waals surface area contributed by atoms with Crippen LogP contribution in [0.3, 0.4) is 0 Å². The van der Waals surface area contributed by atoms with Crippen LogP contribution >= 0.6 is 0 Å². The maximum atomic E-state index is 11.5. The zero-order valence-corrected chi connectivity index (χ0v) is 10.8. The first-order chi connectivity index (χ1) is 9.28. The van der Waals surface area contributed by atoms with Gasteiger partial charge in [-0.25, -0.2) is 9.78 Å². The molecule has 3 rings (SSSR count). The summed E-state index contributed by atoms with van der Waals surface area (Å²) >= 11 is 0. The molecule has 0 aromatic carbocycles. The number of imidazole rings is 1. The Labute approximate surface area is 111 Å². The highest BCUT2D eigenvalue weighted by molar-refractivity contribution is 5.90. The molecule has 0 bridgehead atoms. The molecule has 1 saturated heterocycles. The molecule has 0 amide bonds. The number of hydrogen-bond donors (Lipinski definition) is 0. The quantitative estimate of drug-likeness (QED) is 0.790. The molecule has 100 valence electrons. The molecule has 2 aromatic rings. The number of carbonyl (C=O) groups excluding carboxylic acids is 1. The average molecular weight is 260 g/mol. The molecule has 1 atom stereocenters. The predicted molar refractivity (Wildman–Crippen MR) is 69.2 cm³/mol. The summed E-state index contributed by atoms with van der Waals surface area (Å²) in [4.78, 5) is 15.9. The number of rotatable bonds is 3. The summed E-state index contributed by atoms with van der Waals surface area (Å²) < 4.78 is 12.3. The van der Waals surface area contributed by atoms with Gasteiger partial charge in [0.2, 0.25) is 0 Å². The first-order valence-electron chi connectivity index (χ1n) is 6.44. The van der Waals surface area contributed by atoms with Crippen molar-refractivity contribution in [2.24, 2.45) is 0 Å². The molecule has 5 nitrogen and oxygen atoms in total. The van der Waals surface area contributed by atoms with Crippen molar-refractivity contribution >= 4 is 11.5 Å². The Morgan fingerprint density at radius 2 is 2.53 bits per heavy atom. The Balaban J connectivity index is 1.88. The standard InChI is InChI=1S/C14H16N2O3/c1-18-14(17)10-4-5-16-11(7-10)9-15-13(16)8-12-3-2-6-19-12/h4-5,7,9,12H,2-3,6,8H2,1H3. The summed E-state index contributed by atoms with van der Waals surface area (Å²) in [5, 5.41) is 0. The first-order valence-corrected chi connectivity index (χ1v) is 6.44. The number of methoxy groups -OCH3 is 1. The van der Waals surface area contributed by atoms with E-state index >= 15 is 0 Å². The highest BCUT2D eigenvalue weighted by atomic mass is 16.5. The molecule has 1 unspecified atom stereocenters. The van der Waals surface area contributed by atoms with Gasteiger partial charge in [-0.05, 0) is 25.0 Å². The molecule has 0 radical (unpaired) electrons. The Kier molecular flexibility index (Phi) is 3.21. The van der Waals surface area contributed by atoms with Crippen molar-refractivity contribution in [3.8, 4) is 0 Å². The van der Waals surface area contributed by atoms with E-state index in [0.29, 0.717) is 5.56 Å². The molecule has 0 N–H and O–H groups in total. The van der Waals surface area contributed by atoms with Gasteiger partial charge >= 0.3 is 5.97 Å². The van der Waals surface area contributed by atoms with Crippen LogP contribution in [0.15, 0.2) is 24.5 Å². The number of ether oxygens (including phenoxy) is 2. The fourth-order valence-corrected chi connectivity index (χ4v) is 2.46. The third kappa shape index (κ3) is 2.33. The van der Waals surface area contributed by atoms with Crippen LogP contribution in [0, 0.1) is 0 Å². The van der Waals surface area contributed by atoms with E-state index in [2.05, 4.69) is 4.98 Å². The van der Waals surface area contributed by atoms with Crippen molar-refractivity contribution < 1.29 is 14.3 Å². The molecule has 1 fully saturated rings.